The van der Waals surface area contributed by atoms with Gasteiger partial charge in [-0.05, 0) is 30.2 Å². The first-order valence-electron chi connectivity index (χ1n) is 5.32. The van der Waals surface area contributed by atoms with Gasteiger partial charge in [0, 0.05) is 18.0 Å². The van der Waals surface area contributed by atoms with E-state index in [1.54, 1.807) is 25.1 Å². The zero-order chi connectivity index (χ0) is 14.0. The van der Waals surface area contributed by atoms with Gasteiger partial charge in [0.15, 0.2) is 0 Å². The molecular formula is C12H10F3N3O. The molecule has 4 nitrogen and oxygen atoms in total. The lowest BCUT2D eigenvalue weighted by molar-refractivity contribution is -0.144. The molecule has 0 aliphatic carbocycles. The molecule has 0 atom stereocenters. The van der Waals surface area contributed by atoms with Crippen molar-refractivity contribution in [1.29, 1.82) is 0 Å². The van der Waals surface area contributed by atoms with E-state index in [9.17, 15) is 13.2 Å². The standard InChI is InChI=1S/C12H10F3N3O/c1-7-2-3-9(18-19)4-10(7)8-5-16-11(17-6-8)12(13,14)15/h2-6,18-19H,1H3. The van der Waals surface area contributed by atoms with Crippen LogP contribution in [0.3, 0.4) is 0 Å². The van der Waals surface area contributed by atoms with Gasteiger partial charge >= 0.3 is 6.18 Å². The Morgan fingerprint density at radius 3 is 2.32 bits per heavy atom. The van der Waals surface area contributed by atoms with Gasteiger partial charge in [0.05, 0.1) is 5.69 Å². The molecule has 0 radical (unpaired) electrons. The highest BCUT2D eigenvalue weighted by molar-refractivity contribution is 5.70. The average Bonchev–Trinajstić information content (AvgIpc) is 2.38. The fourth-order valence-corrected chi connectivity index (χ4v) is 1.62. The highest BCUT2D eigenvalue weighted by Gasteiger charge is 2.34. The Morgan fingerprint density at radius 2 is 1.79 bits per heavy atom. The molecule has 0 spiro atoms. The van der Waals surface area contributed by atoms with Crippen LogP contribution in [0.1, 0.15) is 11.4 Å². The van der Waals surface area contributed by atoms with E-state index in [1.165, 1.54) is 0 Å². The quantitative estimate of drug-likeness (QED) is 0.821. The van der Waals surface area contributed by atoms with E-state index in [0.717, 1.165) is 18.0 Å². The second-order valence-corrected chi connectivity index (χ2v) is 3.93. The minimum absolute atomic E-state index is 0.431. The summed E-state index contributed by atoms with van der Waals surface area (Å²) in [4.78, 5) is 6.61. The number of benzene rings is 1. The van der Waals surface area contributed by atoms with Crippen molar-refractivity contribution in [3.8, 4) is 11.1 Å². The molecule has 2 aromatic rings. The van der Waals surface area contributed by atoms with Crippen molar-refractivity contribution >= 4 is 5.69 Å². The van der Waals surface area contributed by atoms with Gasteiger partial charge in [-0.15, -0.1) is 0 Å². The fourth-order valence-electron chi connectivity index (χ4n) is 1.62. The van der Waals surface area contributed by atoms with Gasteiger partial charge in [0.2, 0.25) is 5.82 Å². The summed E-state index contributed by atoms with van der Waals surface area (Å²) < 4.78 is 37.1. The highest BCUT2D eigenvalue weighted by Crippen LogP contribution is 2.29. The Bertz CT molecular complexity index is 582. The van der Waals surface area contributed by atoms with Crippen LogP contribution in [-0.2, 0) is 6.18 Å². The largest absolute Gasteiger partial charge is 0.451 e. The van der Waals surface area contributed by atoms with Crippen molar-refractivity contribution in [3.63, 3.8) is 0 Å². The lowest BCUT2D eigenvalue weighted by Gasteiger charge is -2.09. The number of anilines is 1. The third kappa shape index (κ3) is 2.82. The van der Waals surface area contributed by atoms with Crippen LogP contribution in [0, 0.1) is 6.92 Å². The molecule has 7 heteroatoms. The molecule has 2 N–H and O–H groups in total. The van der Waals surface area contributed by atoms with Crippen LogP contribution < -0.4 is 5.48 Å². The summed E-state index contributed by atoms with van der Waals surface area (Å²) in [6.07, 6.45) is -2.33. The van der Waals surface area contributed by atoms with Crippen LogP contribution in [-0.4, -0.2) is 15.2 Å². The first kappa shape index (κ1) is 13.3. The number of hydrogen-bond acceptors (Lipinski definition) is 4. The smallest absolute Gasteiger partial charge is 0.291 e. The number of aromatic nitrogens is 2. The zero-order valence-electron chi connectivity index (χ0n) is 9.86. The molecule has 2 rings (SSSR count). The van der Waals surface area contributed by atoms with Crippen LogP contribution in [0.4, 0.5) is 18.9 Å². The van der Waals surface area contributed by atoms with Crippen molar-refractivity contribution in [2.24, 2.45) is 0 Å². The first-order chi connectivity index (χ1) is 8.91. The number of alkyl halides is 3. The molecule has 0 aliphatic heterocycles. The van der Waals surface area contributed by atoms with E-state index in [2.05, 4.69) is 9.97 Å². The van der Waals surface area contributed by atoms with Gasteiger partial charge in [-0.2, -0.15) is 13.2 Å². The normalized spacial score (nSPS) is 11.4. The maximum Gasteiger partial charge on any atom is 0.451 e. The summed E-state index contributed by atoms with van der Waals surface area (Å²) in [5, 5.41) is 8.82. The number of aryl methyl sites for hydroxylation is 1. The van der Waals surface area contributed by atoms with Crippen molar-refractivity contribution in [2.75, 3.05) is 5.48 Å². The molecule has 0 aliphatic rings. The lowest BCUT2D eigenvalue weighted by Crippen LogP contribution is -2.10. The molecule has 0 saturated carbocycles. The van der Waals surface area contributed by atoms with E-state index in [-0.39, 0.29) is 0 Å². The second-order valence-electron chi connectivity index (χ2n) is 3.93. The SMILES string of the molecule is Cc1ccc(NO)cc1-c1cnc(C(F)(F)F)nc1. The molecule has 1 heterocycles. The van der Waals surface area contributed by atoms with Gasteiger partial charge < -0.3 is 0 Å². The molecule has 19 heavy (non-hydrogen) atoms. The monoisotopic (exact) mass is 269 g/mol. The van der Waals surface area contributed by atoms with Crippen molar-refractivity contribution < 1.29 is 18.4 Å². The summed E-state index contributed by atoms with van der Waals surface area (Å²) in [7, 11) is 0. The van der Waals surface area contributed by atoms with Gasteiger partial charge in [-0.25, -0.2) is 9.97 Å². The molecule has 1 aromatic heterocycles. The minimum atomic E-state index is -4.55. The summed E-state index contributed by atoms with van der Waals surface area (Å²) in [5.74, 6) is -1.18. The number of nitrogens with one attached hydrogen (secondary N) is 1. The lowest BCUT2D eigenvalue weighted by atomic mass is 10.0. The third-order valence-corrected chi connectivity index (χ3v) is 2.58. The molecule has 1 aromatic carbocycles. The Hall–Kier alpha value is -2.15. The maximum absolute atomic E-state index is 12.4. The summed E-state index contributed by atoms with van der Waals surface area (Å²) in [6.45, 7) is 1.80. The Balaban J connectivity index is 2.42. The average molecular weight is 269 g/mol. The summed E-state index contributed by atoms with van der Waals surface area (Å²) in [5.41, 5.74) is 4.34. The minimum Gasteiger partial charge on any atom is -0.291 e. The number of nitrogens with zero attached hydrogens (tertiary/aromatic N) is 2. The van der Waals surface area contributed by atoms with Crippen molar-refractivity contribution in [1.82, 2.24) is 9.97 Å². The number of rotatable bonds is 2. The Labute approximate surface area is 106 Å². The van der Waals surface area contributed by atoms with E-state index < -0.39 is 12.0 Å². The maximum atomic E-state index is 12.4. The van der Waals surface area contributed by atoms with Crippen molar-refractivity contribution in [2.45, 2.75) is 13.1 Å². The van der Waals surface area contributed by atoms with Crippen LogP contribution in [0.5, 0.6) is 0 Å². The van der Waals surface area contributed by atoms with Crippen LogP contribution in [0.25, 0.3) is 11.1 Å². The predicted octanol–water partition coefficient (Wildman–Crippen LogP) is 3.27. The van der Waals surface area contributed by atoms with Crippen LogP contribution in [0.2, 0.25) is 0 Å². The highest BCUT2D eigenvalue weighted by atomic mass is 19.4. The second kappa shape index (κ2) is 4.85. The first-order valence-corrected chi connectivity index (χ1v) is 5.32. The van der Waals surface area contributed by atoms with Crippen LogP contribution >= 0.6 is 0 Å². The number of hydrogen-bond donors (Lipinski definition) is 2. The zero-order valence-corrected chi connectivity index (χ0v) is 9.86. The summed E-state index contributed by atoms with van der Waals surface area (Å²) >= 11 is 0. The third-order valence-electron chi connectivity index (χ3n) is 2.58. The molecule has 100 valence electrons. The molecule has 0 saturated heterocycles. The van der Waals surface area contributed by atoms with E-state index in [4.69, 9.17) is 5.21 Å². The van der Waals surface area contributed by atoms with E-state index in [0.29, 0.717) is 16.8 Å². The van der Waals surface area contributed by atoms with Gasteiger partial charge in [0.25, 0.3) is 0 Å². The predicted molar refractivity (Wildman–Crippen MR) is 62.6 cm³/mol. The molecule has 0 bridgehead atoms. The Morgan fingerprint density at radius 1 is 1.16 bits per heavy atom. The van der Waals surface area contributed by atoms with Gasteiger partial charge in [-0.3, -0.25) is 10.7 Å². The van der Waals surface area contributed by atoms with Crippen molar-refractivity contribution in [3.05, 3.63) is 42.0 Å². The molecule has 0 fully saturated rings. The number of halogens is 3. The molecular weight excluding hydrogens is 259 g/mol. The summed E-state index contributed by atoms with van der Waals surface area (Å²) in [6, 6.07) is 4.97. The topological polar surface area (TPSA) is 58.0 Å². The van der Waals surface area contributed by atoms with E-state index >= 15 is 0 Å². The Kier molecular flexibility index (Phi) is 3.39. The molecule has 0 unspecified atom stereocenters. The van der Waals surface area contributed by atoms with Gasteiger partial charge in [0.1, 0.15) is 0 Å². The van der Waals surface area contributed by atoms with Crippen LogP contribution in [0.15, 0.2) is 30.6 Å². The van der Waals surface area contributed by atoms with Gasteiger partial charge in [-0.1, -0.05) is 6.07 Å². The van der Waals surface area contributed by atoms with E-state index in [1.807, 2.05) is 5.48 Å². The molecule has 0 amide bonds. The fraction of sp³-hybridized carbons (Fsp3) is 0.167.